The van der Waals surface area contributed by atoms with Gasteiger partial charge < -0.3 is 5.32 Å². The molecule has 0 amide bonds. The van der Waals surface area contributed by atoms with Crippen LogP contribution in [0.2, 0.25) is 0 Å². The van der Waals surface area contributed by atoms with Gasteiger partial charge >= 0.3 is 0 Å². The number of pyridine rings is 1. The van der Waals surface area contributed by atoms with Crippen LogP contribution in [0.15, 0.2) is 41.5 Å². The number of amidine groups is 1. The van der Waals surface area contributed by atoms with Gasteiger partial charge in [0.1, 0.15) is 0 Å². The SMILES string of the molecule is c1cnc2ccc(NC3=NCCS3)cc2c1. The molecule has 2 heterocycles. The first-order chi connectivity index (χ1) is 7.92. The zero-order valence-corrected chi connectivity index (χ0v) is 9.50. The highest BCUT2D eigenvalue weighted by Crippen LogP contribution is 2.20. The van der Waals surface area contributed by atoms with Crippen molar-refractivity contribution in [1.82, 2.24) is 4.98 Å². The summed E-state index contributed by atoms with van der Waals surface area (Å²) in [4.78, 5) is 8.65. The number of aliphatic imine (C=N–C) groups is 1. The number of hydrogen-bond donors (Lipinski definition) is 1. The number of rotatable bonds is 1. The molecule has 80 valence electrons. The smallest absolute Gasteiger partial charge is 0.161 e. The minimum Gasteiger partial charge on any atom is -0.335 e. The van der Waals surface area contributed by atoms with E-state index >= 15 is 0 Å². The lowest BCUT2D eigenvalue weighted by Crippen LogP contribution is -2.04. The van der Waals surface area contributed by atoms with Crippen LogP contribution in [0.4, 0.5) is 5.69 Å². The largest absolute Gasteiger partial charge is 0.335 e. The second-order valence-corrected chi connectivity index (χ2v) is 4.65. The summed E-state index contributed by atoms with van der Waals surface area (Å²) in [6.07, 6.45) is 1.81. The second-order valence-electron chi connectivity index (χ2n) is 3.57. The molecule has 1 aromatic carbocycles. The number of benzene rings is 1. The summed E-state index contributed by atoms with van der Waals surface area (Å²) >= 11 is 1.77. The lowest BCUT2D eigenvalue weighted by atomic mass is 10.2. The molecule has 0 fully saturated rings. The van der Waals surface area contributed by atoms with Gasteiger partial charge in [0.25, 0.3) is 0 Å². The van der Waals surface area contributed by atoms with Crippen molar-refractivity contribution >= 4 is 33.5 Å². The predicted molar refractivity (Wildman–Crippen MR) is 70.1 cm³/mol. The van der Waals surface area contributed by atoms with Crippen molar-refractivity contribution in [3.8, 4) is 0 Å². The van der Waals surface area contributed by atoms with Crippen molar-refractivity contribution in [2.24, 2.45) is 4.99 Å². The first-order valence-corrected chi connectivity index (χ1v) is 6.19. The Morgan fingerprint density at radius 1 is 1.25 bits per heavy atom. The first kappa shape index (κ1) is 9.66. The zero-order chi connectivity index (χ0) is 10.8. The fourth-order valence-corrected chi connectivity index (χ4v) is 2.44. The molecule has 1 aliphatic heterocycles. The summed E-state index contributed by atoms with van der Waals surface area (Å²) in [6.45, 7) is 0.919. The second kappa shape index (κ2) is 4.14. The van der Waals surface area contributed by atoms with Gasteiger partial charge in [0.2, 0.25) is 0 Å². The van der Waals surface area contributed by atoms with E-state index in [1.165, 1.54) is 0 Å². The number of thioether (sulfide) groups is 1. The molecule has 0 bridgehead atoms. The normalized spacial score (nSPS) is 15.1. The number of anilines is 1. The zero-order valence-electron chi connectivity index (χ0n) is 8.68. The minimum absolute atomic E-state index is 0.919. The van der Waals surface area contributed by atoms with E-state index in [4.69, 9.17) is 0 Å². The van der Waals surface area contributed by atoms with E-state index in [1.807, 2.05) is 24.4 Å². The van der Waals surface area contributed by atoms with Gasteiger partial charge in [-0.2, -0.15) is 0 Å². The maximum absolute atomic E-state index is 4.36. The molecule has 0 radical (unpaired) electrons. The van der Waals surface area contributed by atoms with E-state index in [0.717, 1.165) is 34.1 Å². The van der Waals surface area contributed by atoms with Gasteiger partial charge in [0.15, 0.2) is 5.17 Å². The van der Waals surface area contributed by atoms with Crippen LogP contribution in [0.3, 0.4) is 0 Å². The van der Waals surface area contributed by atoms with Crippen LogP contribution < -0.4 is 5.32 Å². The van der Waals surface area contributed by atoms with Crippen LogP contribution in [0.5, 0.6) is 0 Å². The Morgan fingerprint density at radius 3 is 3.12 bits per heavy atom. The van der Waals surface area contributed by atoms with Crippen molar-refractivity contribution in [3.05, 3.63) is 36.5 Å². The van der Waals surface area contributed by atoms with E-state index in [-0.39, 0.29) is 0 Å². The Balaban J connectivity index is 1.92. The molecule has 3 nitrogen and oxygen atoms in total. The predicted octanol–water partition coefficient (Wildman–Crippen LogP) is 2.75. The Hall–Kier alpha value is -1.55. The molecule has 0 saturated carbocycles. The summed E-state index contributed by atoms with van der Waals surface area (Å²) < 4.78 is 0. The van der Waals surface area contributed by atoms with E-state index in [9.17, 15) is 0 Å². The quantitative estimate of drug-likeness (QED) is 0.817. The maximum Gasteiger partial charge on any atom is 0.161 e. The van der Waals surface area contributed by atoms with Crippen molar-refractivity contribution in [3.63, 3.8) is 0 Å². The number of nitrogens with one attached hydrogen (secondary N) is 1. The molecule has 0 spiro atoms. The van der Waals surface area contributed by atoms with Gasteiger partial charge in [0, 0.05) is 23.0 Å². The van der Waals surface area contributed by atoms with Gasteiger partial charge in [0.05, 0.1) is 12.1 Å². The highest BCUT2D eigenvalue weighted by Gasteiger charge is 2.06. The van der Waals surface area contributed by atoms with Gasteiger partial charge in [-0.15, -0.1) is 0 Å². The van der Waals surface area contributed by atoms with Gasteiger partial charge in [-0.1, -0.05) is 17.8 Å². The topological polar surface area (TPSA) is 37.3 Å². The van der Waals surface area contributed by atoms with Crippen molar-refractivity contribution in [1.29, 1.82) is 0 Å². The van der Waals surface area contributed by atoms with Crippen LogP contribution in [0.1, 0.15) is 0 Å². The van der Waals surface area contributed by atoms with Gasteiger partial charge in [-0.3, -0.25) is 9.98 Å². The molecular formula is C12H11N3S. The van der Waals surface area contributed by atoms with Crippen LogP contribution in [0.25, 0.3) is 10.9 Å². The Labute approximate surface area is 98.0 Å². The minimum atomic E-state index is 0.919. The fraction of sp³-hybridized carbons (Fsp3) is 0.167. The molecule has 4 heteroatoms. The highest BCUT2D eigenvalue weighted by atomic mass is 32.2. The maximum atomic E-state index is 4.36. The van der Waals surface area contributed by atoms with Crippen LogP contribution in [-0.4, -0.2) is 22.4 Å². The lowest BCUT2D eigenvalue weighted by Gasteiger charge is -2.05. The number of hydrogen-bond acceptors (Lipinski definition) is 4. The van der Waals surface area contributed by atoms with E-state index in [1.54, 1.807) is 11.8 Å². The third kappa shape index (κ3) is 1.88. The third-order valence-corrected chi connectivity index (χ3v) is 3.33. The van der Waals surface area contributed by atoms with Gasteiger partial charge in [-0.25, -0.2) is 0 Å². The summed E-state index contributed by atoms with van der Waals surface area (Å²) in [6, 6.07) is 10.2. The molecule has 0 aliphatic carbocycles. The van der Waals surface area contributed by atoms with Crippen LogP contribution >= 0.6 is 11.8 Å². The average Bonchev–Trinajstić information content (AvgIpc) is 2.82. The van der Waals surface area contributed by atoms with Gasteiger partial charge in [-0.05, 0) is 24.3 Å². The Bertz CT molecular complexity index is 551. The van der Waals surface area contributed by atoms with E-state index < -0.39 is 0 Å². The summed E-state index contributed by atoms with van der Waals surface area (Å²) in [5.41, 5.74) is 2.10. The van der Waals surface area contributed by atoms with Crippen molar-refractivity contribution in [2.45, 2.75) is 0 Å². The molecule has 3 rings (SSSR count). The third-order valence-electron chi connectivity index (χ3n) is 2.44. The first-order valence-electron chi connectivity index (χ1n) is 5.21. The molecule has 1 N–H and O–H groups in total. The lowest BCUT2D eigenvalue weighted by molar-refractivity contribution is 1.17. The molecule has 0 saturated heterocycles. The molecular weight excluding hydrogens is 218 g/mol. The summed E-state index contributed by atoms with van der Waals surface area (Å²) in [5, 5.41) is 5.48. The molecule has 0 atom stereocenters. The fourth-order valence-electron chi connectivity index (χ4n) is 1.69. The van der Waals surface area contributed by atoms with Crippen molar-refractivity contribution in [2.75, 3.05) is 17.6 Å². The van der Waals surface area contributed by atoms with E-state index in [0.29, 0.717) is 0 Å². The number of nitrogens with zero attached hydrogens (tertiary/aromatic N) is 2. The standard InChI is InChI=1S/C12H11N3S/c1-2-9-8-10(3-4-11(9)13-5-1)15-12-14-6-7-16-12/h1-5,8H,6-7H2,(H,14,15). The van der Waals surface area contributed by atoms with Crippen molar-refractivity contribution < 1.29 is 0 Å². The molecule has 0 unspecified atom stereocenters. The summed E-state index contributed by atoms with van der Waals surface area (Å²) in [7, 11) is 0. The average molecular weight is 229 g/mol. The number of fused-ring (bicyclic) bond motifs is 1. The van der Waals surface area contributed by atoms with Crippen LogP contribution in [0, 0.1) is 0 Å². The molecule has 2 aromatic rings. The Morgan fingerprint density at radius 2 is 2.25 bits per heavy atom. The molecule has 1 aromatic heterocycles. The number of aromatic nitrogens is 1. The van der Waals surface area contributed by atoms with Crippen LogP contribution in [-0.2, 0) is 0 Å². The summed E-state index contributed by atoms with van der Waals surface area (Å²) in [5.74, 6) is 1.08. The van der Waals surface area contributed by atoms with E-state index in [2.05, 4.69) is 27.4 Å². The molecule has 1 aliphatic rings. The highest BCUT2D eigenvalue weighted by molar-refractivity contribution is 8.14. The molecule has 16 heavy (non-hydrogen) atoms. The Kier molecular flexibility index (Phi) is 2.50. The monoisotopic (exact) mass is 229 g/mol.